The summed E-state index contributed by atoms with van der Waals surface area (Å²) in [6.45, 7) is 4.90. The molecule has 1 unspecified atom stereocenters. The van der Waals surface area contributed by atoms with Gasteiger partial charge in [-0.05, 0) is 50.1 Å². The van der Waals surface area contributed by atoms with Crippen molar-refractivity contribution in [1.82, 2.24) is 10.2 Å². The van der Waals surface area contributed by atoms with Crippen molar-refractivity contribution in [2.75, 3.05) is 29.9 Å². The molecular weight excluding hydrogens is 477 g/mol. The Morgan fingerprint density at radius 3 is 2.43 bits per heavy atom. The fourth-order valence-corrected chi connectivity index (χ4v) is 4.58. The first-order valence-corrected chi connectivity index (χ1v) is 13.0. The van der Waals surface area contributed by atoms with Gasteiger partial charge in [0.1, 0.15) is 18.4 Å². The van der Waals surface area contributed by atoms with Crippen molar-refractivity contribution in [1.29, 1.82) is 0 Å². The Bertz CT molecular complexity index is 1160. The highest BCUT2D eigenvalue weighted by atomic mass is 32.2. The Balaban J connectivity index is 1.92. The van der Waals surface area contributed by atoms with Crippen LogP contribution >= 0.6 is 0 Å². The summed E-state index contributed by atoms with van der Waals surface area (Å²) in [5.41, 5.74) is 0.845. The molecule has 2 aromatic carbocycles. The number of nitrogens with one attached hydrogen (secondary N) is 1. The van der Waals surface area contributed by atoms with Gasteiger partial charge in [-0.3, -0.25) is 13.9 Å². The van der Waals surface area contributed by atoms with E-state index >= 15 is 0 Å². The predicted molar refractivity (Wildman–Crippen MR) is 129 cm³/mol. The first-order chi connectivity index (χ1) is 16.7. The molecule has 0 aromatic heterocycles. The molecule has 0 bridgehead atoms. The molecule has 0 saturated carbocycles. The van der Waals surface area contributed by atoms with Gasteiger partial charge < -0.3 is 19.7 Å². The Hall–Kier alpha value is -3.34. The van der Waals surface area contributed by atoms with Gasteiger partial charge in [0.25, 0.3) is 0 Å². The average Bonchev–Trinajstić information content (AvgIpc) is 3.32. The molecule has 11 heteroatoms. The summed E-state index contributed by atoms with van der Waals surface area (Å²) in [7, 11) is -3.86. The number of amides is 2. The topological polar surface area (TPSA) is 105 Å². The minimum Gasteiger partial charge on any atom is -0.454 e. The highest BCUT2D eigenvalue weighted by molar-refractivity contribution is 7.92. The number of benzene rings is 2. The minimum atomic E-state index is -3.86. The zero-order chi connectivity index (χ0) is 25.6. The molecule has 0 radical (unpaired) electrons. The van der Waals surface area contributed by atoms with Crippen LogP contribution in [0.15, 0.2) is 42.5 Å². The second kappa shape index (κ2) is 11.4. The van der Waals surface area contributed by atoms with Crippen LogP contribution in [0.2, 0.25) is 0 Å². The van der Waals surface area contributed by atoms with Crippen molar-refractivity contribution in [3.8, 4) is 11.5 Å². The summed E-state index contributed by atoms with van der Waals surface area (Å²) in [5.74, 6) is -0.754. The van der Waals surface area contributed by atoms with E-state index in [2.05, 4.69) is 5.32 Å². The maximum Gasteiger partial charge on any atom is 0.244 e. The smallest absolute Gasteiger partial charge is 0.244 e. The normalized spacial score (nSPS) is 13.3. The van der Waals surface area contributed by atoms with E-state index in [1.54, 1.807) is 13.0 Å². The summed E-state index contributed by atoms with van der Waals surface area (Å²) < 4.78 is 51.0. The van der Waals surface area contributed by atoms with Crippen LogP contribution in [0.4, 0.5) is 10.1 Å². The Labute approximate surface area is 204 Å². The number of hydrogen-bond donors (Lipinski definition) is 1. The Kier molecular flexibility index (Phi) is 8.55. The van der Waals surface area contributed by atoms with Crippen LogP contribution in [0.25, 0.3) is 0 Å². The van der Waals surface area contributed by atoms with Gasteiger partial charge in [-0.2, -0.15) is 0 Å². The third-order valence-electron chi connectivity index (χ3n) is 5.61. The van der Waals surface area contributed by atoms with Gasteiger partial charge >= 0.3 is 0 Å². The molecule has 2 amide bonds. The highest BCUT2D eigenvalue weighted by Gasteiger charge is 2.31. The number of rotatable bonds is 11. The SMILES string of the molecule is CCCNC(=O)C(C)N(Cc1ccc(F)cc1)C(=O)CN(c1ccc2c(c1)OCO2)S(=O)(=O)CC. The fraction of sp³-hybridized carbons (Fsp3) is 0.417. The van der Waals surface area contributed by atoms with E-state index in [9.17, 15) is 22.4 Å². The quantitative estimate of drug-likeness (QED) is 0.501. The van der Waals surface area contributed by atoms with E-state index in [0.717, 1.165) is 10.7 Å². The van der Waals surface area contributed by atoms with Crippen LogP contribution in [0.3, 0.4) is 0 Å². The summed E-state index contributed by atoms with van der Waals surface area (Å²) in [5, 5.41) is 2.76. The molecule has 1 aliphatic heterocycles. The number of fused-ring (bicyclic) bond motifs is 1. The number of sulfonamides is 1. The molecule has 3 rings (SSSR count). The van der Waals surface area contributed by atoms with Crippen molar-refractivity contribution in [3.63, 3.8) is 0 Å². The molecule has 1 heterocycles. The van der Waals surface area contributed by atoms with Crippen LogP contribution in [-0.4, -0.2) is 56.8 Å². The lowest BCUT2D eigenvalue weighted by Gasteiger charge is -2.32. The molecule has 0 spiro atoms. The Morgan fingerprint density at radius 1 is 1.09 bits per heavy atom. The molecular formula is C24H30FN3O6S. The van der Waals surface area contributed by atoms with Crippen LogP contribution in [-0.2, 0) is 26.2 Å². The lowest BCUT2D eigenvalue weighted by Crippen LogP contribution is -2.51. The third kappa shape index (κ3) is 6.41. The van der Waals surface area contributed by atoms with Crippen LogP contribution in [0.1, 0.15) is 32.8 Å². The fourth-order valence-electron chi connectivity index (χ4n) is 3.53. The Morgan fingerprint density at radius 2 is 1.77 bits per heavy atom. The van der Waals surface area contributed by atoms with E-state index in [0.29, 0.717) is 23.6 Å². The largest absolute Gasteiger partial charge is 0.454 e. The van der Waals surface area contributed by atoms with Crippen molar-refractivity contribution >= 4 is 27.5 Å². The summed E-state index contributed by atoms with van der Waals surface area (Å²) in [6.07, 6.45) is 0.719. The zero-order valence-corrected chi connectivity index (χ0v) is 20.8. The molecule has 0 fully saturated rings. The van der Waals surface area contributed by atoms with Gasteiger partial charge in [-0.1, -0.05) is 19.1 Å². The molecule has 2 aromatic rings. The molecule has 1 atom stereocenters. The van der Waals surface area contributed by atoms with Gasteiger partial charge in [0.05, 0.1) is 11.4 Å². The van der Waals surface area contributed by atoms with Gasteiger partial charge in [-0.25, -0.2) is 12.8 Å². The average molecular weight is 508 g/mol. The van der Waals surface area contributed by atoms with E-state index in [-0.39, 0.29) is 30.7 Å². The number of carbonyl (C=O) groups excluding carboxylic acids is 2. The highest BCUT2D eigenvalue weighted by Crippen LogP contribution is 2.36. The molecule has 0 saturated heterocycles. The number of carbonyl (C=O) groups is 2. The minimum absolute atomic E-state index is 0.000969. The number of nitrogens with zero attached hydrogens (tertiary/aromatic N) is 2. The van der Waals surface area contributed by atoms with Crippen LogP contribution in [0.5, 0.6) is 11.5 Å². The van der Waals surface area contributed by atoms with Gasteiger partial charge in [-0.15, -0.1) is 0 Å². The molecule has 1 aliphatic rings. The molecule has 1 N–H and O–H groups in total. The second-order valence-electron chi connectivity index (χ2n) is 8.06. The molecule has 35 heavy (non-hydrogen) atoms. The first-order valence-electron chi connectivity index (χ1n) is 11.4. The van der Waals surface area contributed by atoms with Crippen molar-refractivity contribution in [2.24, 2.45) is 0 Å². The number of ether oxygens (including phenoxy) is 2. The van der Waals surface area contributed by atoms with Crippen molar-refractivity contribution < 1.29 is 31.9 Å². The lowest BCUT2D eigenvalue weighted by molar-refractivity contribution is -0.139. The summed E-state index contributed by atoms with van der Waals surface area (Å²) >= 11 is 0. The van der Waals surface area contributed by atoms with Gasteiger partial charge in [0, 0.05) is 19.2 Å². The maximum atomic E-state index is 13.5. The van der Waals surface area contributed by atoms with E-state index in [4.69, 9.17) is 9.47 Å². The van der Waals surface area contributed by atoms with Gasteiger partial charge in [0.15, 0.2) is 11.5 Å². The number of halogens is 1. The summed E-state index contributed by atoms with van der Waals surface area (Å²) in [6, 6.07) is 9.30. The van der Waals surface area contributed by atoms with Gasteiger partial charge in [0.2, 0.25) is 28.6 Å². The number of hydrogen-bond acceptors (Lipinski definition) is 6. The van der Waals surface area contributed by atoms with E-state index < -0.39 is 34.3 Å². The standard InChI is InChI=1S/C24H30FN3O6S/c1-4-12-26-24(30)17(3)27(14-18-6-8-19(25)9-7-18)23(29)15-28(35(31,32)5-2)20-10-11-21-22(13-20)34-16-33-21/h6-11,13,17H,4-5,12,14-16H2,1-3H3,(H,26,30). The second-order valence-corrected chi connectivity index (χ2v) is 10.2. The van der Waals surface area contributed by atoms with E-state index in [1.165, 1.54) is 48.2 Å². The number of anilines is 1. The van der Waals surface area contributed by atoms with Crippen LogP contribution in [0, 0.1) is 5.82 Å². The van der Waals surface area contributed by atoms with Crippen molar-refractivity contribution in [2.45, 2.75) is 39.8 Å². The predicted octanol–water partition coefficient (Wildman–Crippen LogP) is 2.65. The molecule has 9 nitrogen and oxygen atoms in total. The molecule has 0 aliphatic carbocycles. The zero-order valence-electron chi connectivity index (χ0n) is 20.0. The van der Waals surface area contributed by atoms with Crippen molar-refractivity contribution in [3.05, 3.63) is 53.8 Å². The first kappa shape index (κ1) is 26.3. The summed E-state index contributed by atoms with van der Waals surface area (Å²) in [4.78, 5) is 27.5. The van der Waals surface area contributed by atoms with E-state index in [1.807, 2.05) is 6.92 Å². The van der Waals surface area contributed by atoms with Crippen LogP contribution < -0.4 is 19.1 Å². The molecule has 190 valence electrons. The third-order valence-corrected chi connectivity index (χ3v) is 7.35. The lowest BCUT2D eigenvalue weighted by atomic mass is 10.1. The monoisotopic (exact) mass is 507 g/mol. The maximum absolute atomic E-state index is 13.5.